The van der Waals surface area contributed by atoms with E-state index in [9.17, 15) is 14.4 Å². The predicted octanol–water partition coefficient (Wildman–Crippen LogP) is 1.68. The smallest absolute Gasteiger partial charge is 0.228 e. The average molecular weight is 369 g/mol. The highest BCUT2D eigenvalue weighted by Gasteiger charge is 2.40. The Morgan fingerprint density at radius 2 is 1.48 bits per heavy atom. The molecule has 6 heteroatoms. The van der Waals surface area contributed by atoms with Crippen molar-refractivity contribution in [2.75, 3.05) is 32.7 Å². The summed E-state index contributed by atoms with van der Waals surface area (Å²) in [6, 6.07) is 9.91. The molecule has 1 aliphatic carbocycles. The fraction of sp³-hybridized carbons (Fsp3) is 0.571. The standard InChI is InChI=1S/C21H27N3O3/c1-15(16-5-3-2-4-6-16)24-14-18(13-19(24)25)21(27)23-11-9-22(10-12-23)20(26)17-7-8-17/h2-6,15,17-18H,7-14H2,1H3/t15-,18+/m1/s1. The molecule has 144 valence electrons. The molecule has 1 saturated carbocycles. The quantitative estimate of drug-likeness (QED) is 0.811. The van der Waals surface area contributed by atoms with Gasteiger partial charge in [0.2, 0.25) is 17.7 Å². The Balaban J connectivity index is 1.33. The average Bonchev–Trinajstić information content (AvgIpc) is 3.49. The molecule has 1 aromatic carbocycles. The molecule has 2 atom stereocenters. The Hall–Kier alpha value is -2.37. The van der Waals surface area contributed by atoms with Gasteiger partial charge in [0.05, 0.1) is 12.0 Å². The summed E-state index contributed by atoms with van der Waals surface area (Å²) in [7, 11) is 0. The van der Waals surface area contributed by atoms with E-state index < -0.39 is 0 Å². The Labute approximate surface area is 160 Å². The van der Waals surface area contributed by atoms with E-state index in [4.69, 9.17) is 0 Å². The highest BCUT2D eigenvalue weighted by Crippen LogP contribution is 2.32. The van der Waals surface area contributed by atoms with Gasteiger partial charge in [-0.1, -0.05) is 30.3 Å². The molecule has 1 aromatic rings. The predicted molar refractivity (Wildman–Crippen MR) is 101 cm³/mol. The summed E-state index contributed by atoms with van der Waals surface area (Å²) in [4.78, 5) is 43.1. The van der Waals surface area contributed by atoms with E-state index in [-0.39, 0.29) is 42.0 Å². The zero-order valence-corrected chi connectivity index (χ0v) is 15.8. The van der Waals surface area contributed by atoms with Gasteiger partial charge in [0.1, 0.15) is 0 Å². The number of amides is 3. The van der Waals surface area contributed by atoms with Crippen molar-refractivity contribution in [1.82, 2.24) is 14.7 Å². The minimum atomic E-state index is -0.269. The van der Waals surface area contributed by atoms with E-state index >= 15 is 0 Å². The van der Waals surface area contributed by atoms with Gasteiger partial charge >= 0.3 is 0 Å². The van der Waals surface area contributed by atoms with Gasteiger partial charge < -0.3 is 14.7 Å². The molecule has 2 aliphatic heterocycles. The number of hydrogen-bond acceptors (Lipinski definition) is 3. The second-order valence-electron chi connectivity index (χ2n) is 7.96. The van der Waals surface area contributed by atoms with Crippen molar-refractivity contribution < 1.29 is 14.4 Å². The van der Waals surface area contributed by atoms with Gasteiger partial charge in [0.15, 0.2) is 0 Å². The normalized spacial score (nSPS) is 24.3. The van der Waals surface area contributed by atoms with Crippen molar-refractivity contribution in [3.8, 4) is 0 Å². The van der Waals surface area contributed by atoms with Crippen LogP contribution in [-0.2, 0) is 14.4 Å². The molecule has 2 saturated heterocycles. The molecule has 0 radical (unpaired) electrons. The molecule has 0 aromatic heterocycles. The third kappa shape index (κ3) is 3.70. The lowest BCUT2D eigenvalue weighted by atomic mass is 10.1. The van der Waals surface area contributed by atoms with E-state index in [1.807, 2.05) is 52.0 Å². The van der Waals surface area contributed by atoms with Crippen molar-refractivity contribution in [2.24, 2.45) is 11.8 Å². The highest BCUT2D eigenvalue weighted by atomic mass is 16.2. The van der Waals surface area contributed by atoms with E-state index in [0.717, 1.165) is 18.4 Å². The number of benzene rings is 1. The van der Waals surface area contributed by atoms with Crippen LogP contribution in [0.15, 0.2) is 30.3 Å². The zero-order valence-electron chi connectivity index (χ0n) is 15.8. The number of piperazine rings is 1. The van der Waals surface area contributed by atoms with E-state index in [1.54, 1.807) is 0 Å². The summed E-state index contributed by atoms with van der Waals surface area (Å²) in [6.45, 7) is 4.89. The number of carbonyl (C=O) groups is 3. The second-order valence-corrected chi connectivity index (χ2v) is 7.96. The fourth-order valence-electron chi connectivity index (χ4n) is 4.18. The lowest BCUT2D eigenvalue weighted by molar-refractivity contribution is -0.142. The molecular formula is C21H27N3O3. The first-order chi connectivity index (χ1) is 13.0. The van der Waals surface area contributed by atoms with Gasteiger partial charge in [-0.15, -0.1) is 0 Å². The van der Waals surface area contributed by atoms with Crippen LogP contribution in [0.5, 0.6) is 0 Å². The number of likely N-dealkylation sites (tertiary alicyclic amines) is 1. The summed E-state index contributed by atoms with van der Waals surface area (Å²) in [6.07, 6.45) is 2.31. The zero-order chi connectivity index (χ0) is 19.0. The van der Waals surface area contributed by atoms with Crippen LogP contribution in [0.25, 0.3) is 0 Å². The summed E-state index contributed by atoms with van der Waals surface area (Å²) in [5, 5.41) is 0. The topological polar surface area (TPSA) is 60.9 Å². The first-order valence-corrected chi connectivity index (χ1v) is 9.96. The summed E-state index contributed by atoms with van der Waals surface area (Å²) in [5.41, 5.74) is 1.09. The van der Waals surface area contributed by atoms with E-state index in [1.165, 1.54) is 0 Å². The number of hydrogen-bond donors (Lipinski definition) is 0. The molecule has 0 N–H and O–H groups in total. The molecule has 0 bridgehead atoms. The van der Waals surface area contributed by atoms with Crippen LogP contribution in [0.4, 0.5) is 0 Å². The van der Waals surface area contributed by atoms with Gasteiger partial charge in [-0.05, 0) is 25.3 Å². The highest BCUT2D eigenvalue weighted by molar-refractivity contribution is 5.89. The van der Waals surface area contributed by atoms with E-state index in [0.29, 0.717) is 32.7 Å². The van der Waals surface area contributed by atoms with Crippen LogP contribution < -0.4 is 0 Å². The van der Waals surface area contributed by atoms with Crippen molar-refractivity contribution in [2.45, 2.75) is 32.2 Å². The third-order valence-corrected chi connectivity index (χ3v) is 6.09. The fourth-order valence-corrected chi connectivity index (χ4v) is 4.18. The molecule has 0 spiro atoms. The van der Waals surface area contributed by atoms with Gasteiger partial charge in [-0.25, -0.2) is 0 Å². The maximum absolute atomic E-state index is 12.9. The number of carbonyl (C=O) groups excluding carboxylic acids is 3. The first-order valence-electron chi connectivity index (χ1n) is 9.96. The minimum absolute atomic E-state index is 0.0236. The molecular weight excluding hydrogens is 342 g/mol. The van der Waals surface area contributed by atoms with E-state index in [2.05, 4.69) is 0 Å². The molecule has 3 amide bonds. The van der Waals surface area contributed by atoms with Gasteiger partial charge in [-0.2, -0.15) is 0 Å². The molecule has 2 heterocycles. The summed E-state index contributed by atoms with van der Waals surface area (Å²) < 4.78 is 0. The van der Waals surface area contributed by atoms with Crippen LogP contribution in [0.1, 0.15) is 37.8 Å². The Morgan fingerprint density at radius 3 is 2.04 bits per heavy atom. The molecule has 0 unspecified atom stereocenters. The Kier molecular flexibility index (Phi) is 4.89. The van der Waals surface area contributed by atoms with Crippen LogP contribution in [0.3, 0.4) is 0 Å². The third-order valence-electron chi connectivity index (χ3n) is 6.09. The van der Waals surface area contributed by atoms with Crippen molar-refractivity contribution >= 4 is 17.7 Å². The van der Waals surface area contributed by atoms with Crippen LogP contribution in [-0.4, -0.2) is 65.1 Å². The molecule has 27 heavy (non-hydrogen) atoms. The first kappa shape index (κ1) is 18.0. The van der Waals surface area contributed by atoms with Crippen molar-refractivity contribution in [1.29, 1.82) is 0 Å². The Morgan fingerprint density at radius 1 is 0.926 bits per heavy atom. The van der Waals surface area contributed by atoms with Crippen molar-refractivity contribution in [3.05, 3.63) is 35.9 Å². The van der Waals surface area contributed by atoms with Crippen molar-refractivity contribution in [3.63, 3.8) is 0 Å². The molecule has 4 rings (SSSR count). The number of nitrogens with zero attached hydrogens (tertiary/aromatic N) is 3. The maximum Gasteiger partial charge on any atom is 0.228 e. The molecule has 3 fully saturated rings. The maximum atomic E-state index is 12.9. The lowest BCUT2D eigenvalue weighted by Crippen LogP contribution is -2.52. The minimum Gasteiger partial charge on any atom is -0.339 e. The van der Waals surface area contributed by atoms with Crippen LogP contribution in [0, 0.1) is 11.8 Å². The summed E-state index contributed by atoms with van der Waals surface area (Å²) in [5.74, 6) is 0.319. The molecule has 6 nitrogen and oxygen atoms in total. The van der Waals surface area contributed by atoms with Gasteiger partial charge in [-0.3, -0.25) is 14.4 Å². The summed E-state index contributed by atoms with van der Waals surface area (Å²) >= 11 is 0. The molecule has 3 aliphatic rings. The Bertz CT molecular complexity index is 723. The van der Waals surface area contributed by atoms with Gasteiger partial charge in [0, 0.05) is 45.1 Å². The monoisotopic (exact) mass is 369 g/mol. The lowest BCUT2D eigenvalue weighted by Gasteiger charge is -2.36. The van der Waals surface area contributed by atoms with Crippen LogP contribution >= 0.6 is 0 Å². The second kappa shape index (κ2) is 7.33. The number of rotatable bonds is 4. The van der Waals surface area contributed by atoms with Crippen LogP contribution in [0.2, 0.25) is 0 Å². The SMILES string of the molecule is C[C@H](c1ccccc1)N1C[C@@H](C(=O)N2CCN(C(=O)C3CC3)CC2)CC1=O. The van der Waals surface area contributed by atoms with Gasteiger partial charge in [0.25, 0.3) is 0 Å². The largest absolute Gasteiger partial charge is 0.339 e.